The van der Waals surface area contributed by atoms with Crippen LogP contribution in [0.3, 0.4) is 0 Å². The van der Waals surface area contributed by atoms with Crippen LogP contribution >= 0.6 is 0 Å². The van der Waals surface area contributed by atoms with Gasteiger partial charge in [-0.15, -0.1) is 0 Å². The standard InChI is InChI=1S/C26H27N3O4/c1-26(2,3)20-11-15-22(16-12-20)33-17-23(30)28-29-25(32)19-9-13-21(14-10-19)27-24(31)18-7-5-4-6-8-18/h4-16H,17H2,1-3H3,(H,27,31)(H,28,30)(H,29,32). The number of hydrogen-bond acceptors (Lipinski definition) is 4. The van der Waals surface area contributed by atoms with Crippen molar-refractivity contribution in [2.24, 2.45) is 0 Å². The Hall–Kier alpha value is -4.13. The summed E-state index contributed by atoms with van der Waals surface area (Å²) < 4.78 is 5.46. The van der Waals surface area contributed by atoms with Crippen LogP contribution in [0.1, 0.15) is 47.1 Å². The van der Waals surface area contributed by atoms with Gasteiger partial charge in [-0.25, -0.2) is 0 Å². The van der Waals surface area contributed by atoms with E-state index in [0.717, 1.165) is 5.56 Å². The molecule has 0 bridgehead atoms. The Labute approximate surface area is 193 Å². The average Bonchev–Trinajstić information content (AvgIpc) is 2.82. The van der Waals surface area contributed by atoms with Gasteiger partial charge in [0.2, 0.25) is 0 Å². The second kappa shape index (κ2) is 10.5. The van der Waals surface area contributed by atoms with E-state index in [9.17, 15) is 14.4 Å². The molecule has 7 nitrogen and oxygen atoms in total. The monoisotopic (exact) mass is 445 g/mol. The summed E-state index contributed by atoms with van der Waals surface area (Å²) in [6.07, 6.45) is 0. The molecule has 3 amide bonds. The van der Waals surface area contributed by atoms with Gasteiger partial charge in [0, 0.05) is 16.8 Å². The predicted octanol–water partition coefficient (Wildman–Crippen LogP) is 4.08. The van der Waals surface area contributed by atoms with E-state index in [-0.39, 0.29) is 17.9 Å². The van der Waals surface area contributed by atoms with Crippen molar-refractivity contribution in [3.63, 3.8) is 0 Å². The van der Waals surface area contributed by atoms with Crippen molar-refractivity contribution in [2.45, 2.75) is 26.2 Å². The minimum Gasteiger partial charge on any atom is -0.484 e. The van der Waals surface area contributed by atoms with Crippen LogP contribution in [0.5, 0.6) is 5.75 Å². The molecule has 0 atom stereocenters. The fourth-order valence-electron chi connectivity index (χ4n) is 2.93. The minimum atomic E-state index is -0.491. The van der Waals surface area contributed by atoms with Crippen molar-refractivity contribution >= 4 is 23.4 Å². The summed E-state index contributed by atoms with van der Waals surface area (Å²) in [5, 5.41) is 2.76. The maximum absolute atomic E-state index is 12.3. The molecule has 0 fully saturated rings. The molecule has 0 aromatic heterocycles. The van der Waals surface area contributed by atoms with E-state index in [4.69, 9.17) is 4.74 Å². The molecule has 0 aliphatic carbocycles. The van der Waals surface area contributed by atoms with Crippen molar-refractivity contribution in [1.29, 1.82) is 0 Å². The summed E-state index contributed by atoms with van der Waals surface area (Å²) in [5.41, 5.74) is 7.28. The van der Waals surface area contributed by atoms with Gasteiger partial charge in [-0.05, 0) is 59.5 Å². The molecule has 7 heteroatoms. The maximum Gasteiger partial charge on any atom is 0.276 e. The number of hydrazine groups is 1. The molecule has 3 N–H and O–H groups in total. The summed E-state index contributed by atoms with van der Waals surface area (Å²) in [6, 6.07) is 22.7. The van der Waals surface area contributed by atoms with Crippen LogP contribution in [0.15, 0.2) is 78.9 Å². The molecule has 0 radical (unpaired) electrons. The van der Waals surface area contributed by atoms with Gasteiger partial charge in [-0.3, -0.25) is 25.2 Å². The molecule has 0 saturated carbocycles. The Bertz CT molecular complexity index is 1100. The van der Waals surface area contributed by atoms with Crippen LogP contribution in [0.4, 0.5) is 5.69 Å². The first-order valence-electron chi connectivity index (χ1n) is 10.5. The molecule has 3 aromatic carbocycles. The third kappa shape index (κ3) is 6.93. The first-order valence-corrected chi connectivity index (χ1v) is 10.5. The molecular weight excluding hydrogens is 418 g/mol. The zero-order valence-electron chi connectivity index (χ0n) is 18.8. The highest BCUT2D eigenvalue weighted by Gasteiger charge is 2.13. The van der Waals surface area contributed by atoms with Crippen LogP contribution in [0, 0.1) is 0 Å². The smallest absolute Gasteiger partial charge is 0.276 e. The molecule has 0 unspecified atom stereocenters. The summed E-state index contributed by atoms with van der Waals surface area (Å²) in [7, 11) is 0. The number of rotatable bonds is 6. The van der Waals surface area contributed by atoms with E-state index < -0.39 is 11.8 Å². The van der Waals surface area contributed by atoms with Gasteiger partial charge in [0.05, 0.1) is 0 Å². The van der Waals surface area contributed by atoms with Crippen molar-refractivity contribution in [3.8, 4) is 5.75 Å². The number of carbonyl (C=O) groups is 3. The van der Waals surface area contributed by atoms with Gasteiger partial charge in [0.25, 0.3) is 17.7 Å². The van der Waals surface area contributed by atoms with E-state index in [2.05, 4.69) is 36.9 Å². The molecule has 0 aliphatic heterocycles. The number of hydrogen-bond donors (Lipinski definition) is 3. The van der Waals surface area contributed by atoms with E-state index >= 15 is 0 Å². The summed E-state index contributed by atoms with van der Waals surface area (Å²) in [5.74, 6) is -0.653. The predicted molar refractivity (Wildman–Crippen MR) is 127 cm³/mol. The van der Waals surface area contributed by atoms with Crippen LogP contribution in [0.25, 0.3) is 0 Å². The number of ether oxygens (including phenoxy) is 1. The van der Waals surface area contributed by atoms with Gasteiger partial charge < -0.3 is 10.1 Å². The van der Waals surface area contributed by atoms with Crippen LogP contribution in [-0.2, 0) is 10.2 Å². The summed E-state index contributed by atoms with van der Waals surface area (Å²) in [6.45, 7) is 6.12. The number of benzene rings is 3. The molecule has 3 rings (SSSR count). The molecule has 0 saturated heterocycles. The summed E-state index contributed by atoms with van der Waals surface area (Å²) >= 11 is 0. The van der Waals surface area contributed by atoms with Gasteiger partial charge >= 0.3 is 0 Å². The lowest BCUT2D eigenvalue weighted by Crippen LogP contribution is -2.43. The van der Waals surface area contributed by atoms with Crippen molar-refractivity contribution in [1.82, 2.24) is 10.9 Å². The quantitative estimate of drug-likeness (QED) is 0.498. The zero-order valence-corrected chi connectivity index (χ0v) is 18.8. The van der Waals surface area contributed by atoms with Crippen LogP contribution in [-0.4, -0.2) is 24.3 Å². The number of carbonyl (C=O) groups excluding carboxylic acids is 3. The molecule has 170 valence electrons. The molecule has 0 spiro atoms. The largest absolute Gasteiger partial charge is 0.484 e. The van der Waals surface area contributed by atoms with Crippen LogP contribution in [0.2, 0.25) is 0 Å². The van der Waals surface area contributed by atoms with Crippen molar-refractivity contribution in [2.75, 3.05) is 11.9 Å². The zero-order chi connectivity index (χ0) is 23.8. The normalized spacial score (nSPS) is 10.8. The molecule has 0 heterocycles. The minimum absolute atomic E-state index is 0.0336. The second-order valence-electron chi connectivity index (χ2n) is 8.46. The fourth-order valence-corrected chi connectivity index (χ4v) is 2.93. The molecule has 0 aliphatic rings. The van der Waals surface area contributed by atoms with E-state index in [0.29, 0.717) is 22.6 Å². The maximum atomic E-state index is 12.3. The highest BCUT2D eigenvalue weighted by Crippen LogP contribution is 2.24. The Morgan fingerprint density at radius 3 is 1.94 bits per heavy atom. The van der Waals surface area contributed by atoms with Crippen LogP contribution < -0.4 is 20.9 Å². The van der Waals surface area contributed by atoms with Gasteiger partial charge in [-0.2, -0.15) is 0 Å². The lowest BCUT2D eigenvalue weighted by molar-refractivity contribution is -0.123. The lowest BCUT2D eigenvalue weighted by Gasteiger charge is -2.19. The lowest BCUT2D eigenvalue weighted by atomic mass is 9.87. The summed E-state index contributed by atoms with van der Waals surface area (Å²) in [4.78, 5) is 36.4. The molecule has 3 aromatic rings. The Morgan fingerprint density at radius 1 is 0.727 bits per heavy atom. The molecule has 33 heavy (non-hydrogen) atoms. The van der Waals surface area contributed by atoms with Gasteiger partial charge in [-0.1, -0.05) is 51.1 Å². The highest BCUT2D eigenvalue weighted by molar-refractivity contribution is 6.04. The fraction of sp³-hybridized carbons (Fsp3) is 0.192. The van der Waals surface area contributed by atoms with Crippen molar-refractivity contribution in [3.05, 3.63) is 95.6 Å². The Balaban J connectivity index is 1.44. The van der Waals surface area contributed by atoms with Crippen molar-refractivity contribution < 1.29 is 19.1 Å². The Morgan fingerprint density at radius 2 is 1.33 bits per heavy atom. The van der Waals surface area contributed by atoms with E-state index in [1.165, 1.54) is 0 Å². The third-order valence-corrected chi connectivity index (χ3v) is 4.85. The second-order valence-corrected chi connectivity index (χ2v) is 8.46. The first-order chi connectivity index (χ1) is 15.7. The molecular formula is C26H27N3O4. The van der Waals surface area contributed by atoms with E-state index in [1.807, 2.05) is 30.3 Å². The van der Waals surface area contributed by atoms with E-state index in [1.54, 1.807) is 48.5 Å². The first kappa shape index (κ1) is 23.5. The topological polar surface area (TPSA) is 96.5 Å². The third-order valence-electron chi connectivity index (χ3n) is 4.85. The van der Waals surface area contributed by atoms with Gasteiger partial charge in [0.1, 0.15) is 5.75 Å². The highest BCUT2D eigenvalue weighted by atomic mass is 16.5. The van der Waals surface area contributed by atoms with Gasteiger partial charge in [0.15, 0.2) is 6.61 Å². The number of amides is 3. The number of nitrogens with one attached hydrogen (secondary N) is 3. The Kier molecular flexibility index (Phi) is 7.46. The average molecular weight is 446 g/mol. The number of anilines is 1. The SMILES string of the molecule is CC(C)(C)c1ccc(OCC(=O)NNC(=O)c2ccc(NC(=O)c3ccccc3)cc2)cc1.